The fraction of sp³-hybridized carbons (Fsp3) is 0.263. The molecule has 0 radical (unpaired) electrons. The molecule has 3 aromatic rings. The molecule has 1 aromatic carbocycles. The van der Waals surface area contributed by atoms with E-state index in [4.69, 9.17) is 4.74 Å². The number of para-hydroxylation sites is 1. The predicted molar refractivity (Wildman–Crippen MR) is 98.8 cm³/mol. The second kappa shape index (κ2) is 8.48. The molecular formula is C19H21N3O2S. The minimum atomic E-state index is -0.158. The van der Waals surface area contributed by atoms with Crippen molar-refractivity contribution in [3.63, 3.8) is 0 Å². The second-order valence-corrected chi connectivity index (χ2v) is 6.73. The van der Waals surface area contributed by atoms with Crippen LogP contribution < -0.4 is 10.1 Å². The third-order valence-corrected chi connectivity index (χ3v) is 4.65. The van der Waals surface area contributed by atoms with Gasteiger partial charge in [-0.3, -0.25) is 9.89 Å². The van der Waals surface area contributed by atoms with Crippen molar-refractivity contribution in [2.75, 3.05) is 0 Å². The van der Waals surface area contributed by atoms with Gasteiger partial charge in [0.1, 0.15) is 18.1 Å². The summed E-state index contributed by atoms with van der Waals surface area (Å²) in [5, 5.41) is 11.9. The molecule has 0 spiro atoms. The molecule has 0 bridgehead atoms. The van der Waals surface area contributed by atoms with Gasteiger partial charge in [0.05, 0.1) is 6.54 Å². The molecule has 2 N–H and O–H groups in total. The summed E-state index contributed by atoms with van der Waals surface area (Å²) in [6.07, 6.45) is 1.92. The Morgan fingerprint density at radius 3 is 2.92 bits per heavy atom. The molecule has 2 heterocycles. The molecule has 130 valence electrons. The zero-order chi connectivity index (χ0) is 17.5. The Labute approximate surface area is 151 Å². The number of ether oxygens (including phenoxy) is 1. The van der Waals surface area contributed by atoms with Gasteiger partial charge in [-0.05, 0) is 36.1 Å². The van der Waals surface area contributed by atoms with Crippen LogP contribution in [0.3, 0.4) is 0 Å². The standard InChI is InChI=1S/C19H21N3O2S/c1-2-6-15-10-18(22-21-15)19(23)20-11-17-9-14(13-25-17)12-24-16-7-4-3-5-8-16/h3-5,7-10,13H,2,6,11-12H2,1H3,(H,20,23)(H,21,22). The summed E-state index contributed by atoms with van der Waals surface area (Å²) in [6.45, 7) is 3.11. The first kappa shape index (κ1) is 17.2. The van der Waals surface area contributed by atoms with Gasteiger partial charge >= 0.3 is 0 Å². The molecule has 0 fully saturated rings. The monoisotopic (exact) mass is 355 g/mol. The second-order valence-electron chi connectivity index (χ2n) is 5.73. The van der Waals surface area contributed by atoms with Crippen LogP contribution in [0.2, 0.25) is 0 Å². The summed E-state index contributed by atoms with van der Waals surface area (Å²) in [5.41, 5.74) is 2.53. The number of rotatable bonds is 8. The van der Waals surface area contributed by atoms with Crippen molar-refractivity contribution in [2.45, 2.75) is 32.9 Å². The smallest absolute Gasteiger partial charge is 0.272 e. The number of carbonyl (C=O) groups excluding carboxylic acids is 1. The van der Waals surface area contributed by atoms with Crippen LogP contribution in [0, 0.1) is 0 Å². The van der Waals surface area contributed by atoms with Crippen molar-refractivity contribution in [1.82, 2.24) is 15.5 Å². The van der Waals surface area contributed by atoms with E-state index in [0.717, 1.165) is 34.7 Å². The molecule has 0 aliphatic heterocycles. The molecule has 0 saturated heterocycles. The van der Waals surface area contributed by atoms with Gasteiger partial charge < -0.3 is 10.1 Å². The van der Waals surface area contributed by atoms with Gasteiger partial charge in [-0.15, -0.1) is 11.3 Å². The summed E-state index contributed by atoms with van der Waals surface area (Å²) in [4.78, 5) is 13.2. The lowest BCUT2D eigenvalue weighted by atomic mass is 10.2. The molecule has 5 nitrogen and oxygen atoms in total. The fourth-order valence-corrected chi connectivity index (χ4v) is 3.23. The predicted octanol–water partition coefficient (Wildman–Crippen LogP) is 3.93. The van der Waals surface area contributed by atoms with E-state index in [1.807, 2.05) is 36.4 Å². The lowest BCUT2D eigenvalue weighted by molar-refractivity contribution is 0.0946. The molecule has 0 aliphatic carbocycles. The Morgan fingerprint density at radius 2 is 2.12 bits per heavy atom. The number of amides is 1. The lowest BCUT2D eigenvalue weighted by Crippen LogP contribution is -2.22. The Bertz CT molecular complexity index is 811. The number of aryl methyl sites for hydroxylation is 1. The molecule has 6 heteroatoms. The lowest BCUT2D eigenvalue weighted by Gasteiger charge is -2.03. The van der Waals surface area contributed by atoms with E-state index in [1.165, 1.54) is 0 Å². The first-order valence-corrected chi connectivity index (χ1v) is 9.19. The normalized spacial score (nSPS) is 10.6. The number of aromatic amines is 1. The minimum absolute atomic E-state index is 0.158. The number of carbonyl (C=O) groups is 1. The first-order chi connectivity index (χ1) is 12.2. The highest BCUT2D eigenvalue weighted by molar-refractivity contribution is 7.10. The molecule has 25 heavy (non-hydrogen) atoms. The summed E-state index contributed by atoms with van der Waals surface area (Å²) in [5.74, 6) is 0.694. The summed E-state index contributed by atoms with van der Waals surface area (Å²) in [6, 6.07) is 13.6. The summed E-state index contributed by atoms with van der Waals surface area (Å²) < 4.78 is 5.73. The van der Waals surface area contributed by atoms with Crippen molar-refractivity contribution in [2.24, 2.45) is 0 Å². The van der Waals surface area contributed by atoms with E-state index < -0.39 is 0 Å². The van der Waals surface area contributed by atoms with Crippen LogP contribution in [-0.4, -0.2) is 16.1 Å². The zero-order valence-corrected chi connectivity index (χ0v) is 14.9. The molecule has 0 unspecified atom stereocenters. The summed E-state index contributed by atoms with van der Waals surface area (Å²) >= 11 is 1.61. The van der Waals surface area contributed by atoms with Crippen LogP contribution in [0.15, 0.2) is 47.8 Å². The maximum Gasteiger partial charge on any atom is 0.272 e. The quantitative estimate of drug-likeness (QED) is 0.643. The number of nitrogens with one attached hydrogen (secondary N) is 2. The number of hydrogen-bond donors (Lipinski definition) is 2. The molecular weight excluding hydrogens is 334 g/mol. The van der Waals surface area contributed by atoms with Gasteiger partial charge in [0.25, 0.3) is 5.91 Å². The number of H-pyrrole nitrogens is 1. The van der Waals surface area contributed by atoms with Gasteiger partial charge in [0.15, 0.2) is 0 Å². The molecule has 0 saturated carbocycles. The Morgan fingerprint density at radius 1 is 1.28 bits per heavy atom. The largest absolute Gasteiger partial charge is 0.489 e. The zero-order valence-electron chi connectivity index (χ0n) is 14.1. The van der Waals surface area contributed by atoms with Crippen LogP contribution in [0.4, 0.5) is 0 Å². The van der Waals surface area contributed by atoms with Crippen LogP contribution in [0.25, 0.3) is 0 Å². The fourth-order valence-electron chi connectivity index (χ4n) is 2.41. The van der Waals surface area contributed by atoms with E-state index >= 15 is 0 Å². The van der Waals surface area contributed by atoms with Crippen LogP contribution >= 0.6 is 11.3 Å². The maximum atomic E-state index is 12.1. The molecule has 1 amide bonds. The van der Waals surface area contributed by atoms with Gasteiger partial charge in [-0.25, -0.2) is 0 Å². The SMILES string of the molecule is CCCc1cc(C(=O)NCc2cc(COc3ccccc3)cs2)n[nH]1. The van der Waals surface area contributed by atoms with Crippen molar-refractivity contribution in [3.05, 3.63) is 69.7 Å². The van der Waals surface area contributed by atoms with Gasteiger partial charge in [0.2, 0.25) is 0 Å². The maximum absolute atomic E-state index is 12.1. The third kappa shape index (κ3) is 4.93. The number of benzene rings is 1. The first-order valence-electron chi connectivity index (χ1n) is 8.31. The van der Waals surface area contributed by atoms with Crippen molar-refractivity contribution in [3.8, 4) is 5.75 Å². The summed E-state index contributed by atoms with van der Waals surface area (Å²) in [7, 11) is 0. The van der Waals surface area contributed by atoms with Crippen LogP contribution in [0.1, 0.15) is 40.0 Å². The average Bonchev–Trinajstić information content (AvgIpc) is 3.29. The van der Waals surface area contributed by atoms with E-state index in [0.29, 0.717) is 18.8 Å². The number of aromatic nitrogens is 2. The highest BCUT2D eigenvalue weighted by atomic mass is 32.1. The van der Waals surface area contributed by atoms with Crippen LogP contribution in [0.5, 0.6) is 5.75 Å². The Kier molecular flexibility index (Phi) is 5.85. The Hall–Kier alpha value is -2.60. The highest BCUT2D eigenvalue weighted by Gasteiger charge is 2.10. The van der Waals surface area contributed by atoms with Gasteiger partial charge in [-0.2, -0.15) is 5.10 Å². The van der Waals surface area contributed by atoms with Gasteiger partial charge in [0, 0.05) is 16.1 Å². The minimum Gasteiger partial charge on any atom is -0.489 e. The number of nitrogens with zero attached hydrogens (tertiary/aromatic N) is 1. The van der Waals surface area contributed by atoms with E-state index in [9.17, 15) is 4.79 Å². The molecule has 0 atom stereocenters. The van der Waals surface area contributed by atoms with Crippen molar-refractivity contribution >= 4 is 17.2 Å². The highest BCUT2D eigenvalue weighted by Crippen LogP contribution is 2.17. The van der Waals surface area contributed by atoms with Crippen LogP contribution in [-0.2, 0) is 19.6 Å². The third-order valence-electron chi connectivity index (χ3n) is 3.66. The number of hydrogen-bond acceptors (Lipinski definition) is 4. The van der Waals surface area contributed by atoms with E-state index in [-0.39, 0.29) is 5.91 Å². The van der Waals surface area contributed by atoms with Crippen molar-refractivity contribution in [1.29, 1.82) is 0 Å². The Balaban J connectivity index is 1.48. The van der Waals surface area contributed by atoms with E-state index in [2.05, 4.69) is 33.9 Å². The van der Waals surface area contributed by atoms with Crippen molar-refractivity contribution < 1.29 is 9.53 Å². The van der Waals surface area contributed by atoms with E-state index in [1.54, 1.807) is 11.3 Å². The molecule has 0 aliphatic rings. The molecule has 2 aromatic heterocycles. The van der Waals surface area contributed by atoms with Gasteiger partial charge in [-0.1, -0.05) is 31.5 Å². The number of thiophene rings is 1. The topological polar surface area (TPSA) is 67.0 Å². The molecule has 3 rings (SSSR count). The average molecular weight is 355 g/mol.